The van der Waals surface area contributed by atoms with E-state index >= 15 is 0 Å². The number of hydrogen-bond acceptors (Lipinski definition) is 5. The maximum atomic E-state index is 6.25. The summed E-state index contributed by atoms with van der Waals surface area (Å²) in [5.41, 5.74) is 7.47. The van der Waals surface area contributed by atoms with Crippen LogP contribution in [0, 0.1) is 5.92 Å². The van der Waals surface area contributed by atoms with Crippen molar-refractivity contribution in [1.29, 1.82) is 0 Å². The Balaban J connectivity index is 1.67. The first kappa shape index (κ1) is 12.1. The second-order valence-electron chi connectivity index (χ2n) is 4.95. The number of aryl methyl sites for hydroxylation is 1. The van der Waals surface area contributed by atoms with Crippen LogP contribution in [-0.2, 0) is 19.9 Å². The lowest BCUT2D eigenvalue weighted by atomic mass is 9.89. The zero-order valence-electron chi connectivity index (χ0n) is 10.9. The highest BCUT2D eigenvalue weighted by Gasteiger charge is 2.26. The van der Waals surface area contributed by atoms with Crippen LogP contribution in [0.4, 0.5) is 0 Å². The van der Waals surface area contributed by atoms with Crippen molar-refractivity contribution in [3.8, 4) is 5.75 Å². The summed E-state index contributed by atoms with van der Waals surface area (Å²) in [7, 11) is 1.75. The predicted molar refractivity (Wildman–Crippen MR) is 69.6 cm³/mol. The van der Waals surface area contributed by atoms with Gasteiger partial charge in [0.15, 0.2) is 5.82 Å². The van der Waals surface area contributed by atoms with E-state index in [4.69, 9.17) is 10.5 Å². The second kappa shape index (κ2) is 4.97. The van der Waals surface area contributed by atoms with Gasteiger partial charge >= 0.3 is 0 Å². The first-order chi connectivity index (χ1) is 9.22. The molecule has 1 aromatic heterocycles. The summed E-state index contributed by atoms with van der Waals surface area (Å²) in [6.45, 7) is 0.651. The first-order valence-electron chi connectivity index (χ1n) is 6.41. The molecule has 0 spiro atoms. The van der Waals surface area contributed by atoms with E-state index in [0.29, 0.717) is 24.8 Å². The number of tetrazole rings is 1. The van der Waals surface area contributed by atoms with E-state index in [0.717, 1.165) is 12.2 Å². The van der Waals surface area contributed by atoms with Gasteiger partial charge in [-0.05, 0) is 23.3 Å². The summed E-state index contributed by atoms with van der Waals surface area (Å²) >= 11 is 0. The van der Waals surface area contributed by atoms with E-state index in [2.05, 4.69) is 21.5 Å². The van der Waals surface area contributed by atoms with Crippen molar-refractivity contribution in [2.24, 2.45) is 18.7 Å². The van der Waals surface area contributed by atoms with Gasteiger partial charge in [-0.25, -0.2) is 0 Å². The third-order valence-electron chi connectivity index (χ3n) is 3.48. The molecule has 1 aliphatic rings. The Morgan fingerprint density at radius 2 is 2.32 bits per heavy atom. The van der Waals surface area contributed by atoms with Gasteiger partial charge in [0, 0.05) is 18.4 Å². The average Bonchev–Trinajstić information content (AvgIpc) is 2.83. The van der Waals surface area contributed by atoms with Crippen LogP contribution in [0.2, 0.25) is 0 Å². The summed E-state index contributed by atoms with van der Waals surface area (Å²) in [5, 5.41) is 12.0. The molecule has 19 heavy (non-hydrogen) atoms. The third-order valence-corrected chi connectivity index (χ3v) is 3.48. The van der Waals surface area contributed by atoms with Crippen LogP contribution < -0.4 is 10.5 Å². The maximum Gasteiger partial charge on any atom is 0.176 e. The topological polar surface area (TPSA) is 78.9 Å². The molecule has 2 aromatic rings. The lowest BCUT2D eigenvalue weighted by Crippen LogP contribution is -2.39. The van der Waals surface area contributed by atoms with Crippen LogP contribution >= 0.6 is 0 Å². The number of para-hydroxylation sites is 1. The van der Waals surface area contributed by atoms with Crippen molar-refractivity contribution in [3.05, 3.63) is 35.7 Å². The van der Waals surface area contributed by atoms with Crippen molar-refractivity contribution in [1.82, 2.24) is 20.2 Å². The molecule has 0 saturated carbocycles. The smallest absolute Gasteiger partial charge is 0.176 e. The molecule has 0 aliphatic carbocycles. The van der Waals surface area contributed by atoms with Crippen molar-refractivity contribution in [2.75, 3.05) is 6.61 Å². The highest BCUT2D eigenvalue weighted by atomic mass is 16.5. The number of fused-ring (bicyclic) bond motifs is 1. The van der Waals surface area contributed by atoms with Crippen LogP contribution in [0.5, 0.6) is 5.75 Å². The highest BCUT2D eigenvalue weighted by molar-refractivity contribution is 5.35. The molecule has 0 saturated heterocycles. The van der Waals surface area contributed by atoms with Crippen LogP contribution in [0.1, 0.15) is 11.4 Å². The van der Waals surface area contributed by atoms with Gasteiger partial charge in [0.2, 0.25) is 0 Å². The van der Waals surface area contributed by atoms with Crippen molar-refractivity contribution < 1.29 is 4.74 Å². The van der Waals surface area contributed by atoms with E-state index < -0.39 is 0 Å². The highest BCUT2D eigenvalue weighted by Crippen LogP contribution is 2.28. The maximum absolute atomic E-state index is 6.25. The molecule has 0 fully saturated rings. The summed E-state index contributed by atoms with van der Waals surface area (Å²) < 4.78 is 5.76. The first-order valence-corrected chi connectivity index (χ1v) is 6.41. The minimum absolute atomic E-state index is 0.0162. The molecule has 0 radical (unpaired) electrons. The third kappa shape index (κ3) is 2.58. The van der Waals surface area contributed by atoms with E-state index in [1.165, 1.54) is 10.4 Å². The van der Waals surface area contributed by atoms with Gasteiger partial charge in [-0.1, -0.05) is 18.2 Å². The number of ether oxygens (including phenoxy) is 1. The van der Waals surface area contributed by atoms with Crippen molar-refractivity contribution in [3.63, 3.8) is 0 Å². The Labute approximate surface area is 111 Å². The van der Waals surface area contributed by atoms with E-state index in [-0.39, 0.29) is 6.04 Å². The molecule has 2 unspecified atom stereocenters. The SMILES string of the molecule is Cn1nnc(CC(N)C2COc3ccccc3C2)n1. The Bertz CT molecular complexity index is 568. The monoisotopic (exact) mass is 259 g/mol. The zero-order valence-corrected chi connectivity index (χ0v) is 10.9. The normalized spacial score (nSPS) is 19.6. The fourth-order valence-corrected chi connectivity index (χ4v) is 2.41. The van der Waals surface area contributed by atoms with Gasteiger partial charge < -0.3 is 10.5 Å². The number of benzene rings is 1. The number of aromatic nitrogens is 4. The molecule has 0 amide bonds. The second-order valence-corrected chi connectivity index (χ2v) is 4.95. The molecule has 2 N–H and O–H groups in total. The fraction of sp³-hybridized carbons (Fsp3) is 0.462. The molecule has 6 nitrogen and oxygen atoms in total. The average molecular weight is 259 g/mol. The van der Waals surface area contributed by atoms with Gasteiger partial charge in [-0.15, -0.1) is 10.2 Å². The zero-order chi connectivity index (χ0) is 13.2. The summed E-state index contributed by atoms with van der Waals surface area (Å²) in [4.78, 5) is 1.45. The molecule has 2 heterocycles. The molecule has 0 bridgehead atoms. The molecule has 100 valence electrons. The van der Waals surface area contributed by atoms with Gasteiger partial charge in [0.05, 0.1) is 13.7 Å². The lowest BCUT2D eigenvalue weighted by molar-refractivity contribution is 0.198. The quantitative estimate of drug-likeness (QED) is 0.859. The van der Waals surface area contributed by atoms with Crippen LogP contribution in [0.15, 0.2) is 24.3 Å². The Morgan fingerprint density at radius 1 is 1.47 bits per heavy atom. The Hall–Kier alpha value is -1.95. The van der Waals surface area contributed by atoms with Crippen molar-refractivity contribution >= 4 is 0 Å². The van der Waals surface area contributed by atoms with Crippen molar-refractivity contribution in [2.45, 2.75) is 18.9 Å². The van der Waals surface area contributed by atoms with Crippen LogP contribution in [0.3, 0.4) is 0 Å². The molecule has 1 aromatic carbocycles. The predicted octanol–water partition coefficient (Wildman–Crippen LogP) is 0.331. The minimum atomic E-state index is -0.0162. The lowest BCUT2D eigenvalue weighted by Gasteiger charge is -2.29. The minimum Gasteiger partial charge on any atom is -0.493 e. The van der Waals surface area contributed by atoms with Gasteiger partial charge in [0.1, 0.15) is 5.75 Å². The van der Waals surface area contributed by atoms with E-state index in [1.54, 1.807) is 7.05 Å². The standard InChI is InChI=1S/C13H17N5O/c1-18-16-13(15-17-18)7-11(14)10-6-9-4-2-3-5-12(9)19-8-10/h2-5,10-11H,6-8,14H2,1H3. The number of rotatable bonds is 3. The number of nitrogens with two attached hydrogens (primary N) is 1. The number of nitrogens with zero attached hydrogens (tertiary/aromatic N) is 4. The fourth-order valence-electron chi connectivity index (χ4n) is 2.41. The Morgan fingerprint density at radius 3 is 3.11 bits per heavy atom. The van der Waals surface area contributed by atoms with Crippen LogP contribution in [-0.4, -0.2) is 32.9 Å². The molecular weight excluding hydrogens is 242 g/mol. The van der Waals surface area contributed by atoms with Crippen LogP contribution in [0.25, 0.3) is 0 Å². The largest absolute Gasteiger partial charge is 0.493 e. The van der Waals surface area contributed by atoms with Gasteiger partial charge in [0.25, 0.3) is 0 Å². The summed E-state index contributed by atoms with van der Waals surface area (Å²) in [6, 6.07) is 8.09. The molecule has 1 aliphatic heterocycles. The number of hydrogen-bond donors (Lipinski definition) is 1. The molecule has 3 rings (SSSR count). The molecular formula is C13H17N5O. The van der Waals surface area contributed by atoms with E-state index in [9.17, 15) is 0 Å². The summed E-state index contributed by atoms with van der Waals surface area (Å²) in [5.74, 6) is 1.95. The van der Waals surface area contributed by atoms with E-state index in [1.807, 2.05) is 18.2 Å². The molecule has 6 heteroatoms. The summed E-state index contributed by atoms with van der Waals surface area (Å²) in [6.07, 6.45) is 1.57. The van der Waals surface area contributed by atoms with Gasteiger partial charge in [-0.3, -0.25) is 0 Å². The molecule has 2 atom stereocenters. The van der Waals surface area contributed by atoms with Gasteiger partial charge in [-0.2, -0.15) is 4.80 Å². The Kier molecular flexibility index (Phi) is 3.16.